The second-order valence-corrected chi connectivity index (χ2v) is 5.43. The predicted molar refractivity (Wildman–Crippen MR) is 71.0 cm³/mol. The van der Waals surface area contributed by atoms with Gasteiger partial charge in [0.1, 0.15) is 12.4 Å². The van der Waals surface area contributed by atoms with Crippen molar-refractivity contribution in [1.29, 1.82) is 0 Å². The Bertz CT molecular complexity index is 446. The van der Waals surface area contributed by atoms with Crippen molar-refractivity contribution in [3.8, 4) is 0 Å². The smallest absolute Gasteiger partial charge is 0.331 e. The maximum Gasteiger partial charge on any atom is 0.331 e. The third-order valence-corrected chi connectivity index (χ3v) is 2.89. The highest BCUT2D eigenvalue weighted by Crippen LogP contribution is 2.34. The second kappa shape index (κ2) is 5.34. The van der Waals surface area contributed by atoms with E-state index in [4.69, 9.17) is 4.74 Å². The van der Waals surface area contributed by atoms with Crippen LogP contribution >= 0.6 is 0 Å². The first-order valence-corrected chi connectivity index (χ1v) is 5.98. The Morgan fingerprint density at radius 1 is 1.39 bits per heavy atom. The fraction of sp³-hybridized carbons (Fsp3) is 0.467. The van der Waals surface area contributed by atoms with Gasteiger partial charge in [0.05, 0.1) is 0 Å². The van der Waals surface area contributed by atoms with Gasteiger partial charge in [-0.1, -0.05) is 25.5 Å². The van der Waals surface area contributed by atoms with Crippen molar-refractivity contribution < 1.29 is 14.3 Å². The molecule has 0 fully saturated rings. The third-order valence-electron chi connectivity index (χ3n) is 2.89. The maximum absolute atomic E-state index is 11.6. The van der Waals surface area contributed by atoms with Gasteiger partial charge < -0.3 is 4.74 Å². The molecule has 0 spiro atoms. The molecule has 3 heteroatoms. The molecule has 0 N–H and O–H groups in total. The molecule has 1 aliphatic rings. The van der Waals surface area contributed by atoms with Crippen LogP contribution in [0.3, 0.4) is 0 Å². The van der Waals surface area contributed by atoms with Crippen LogP contribution in [-0.2, 0) is 14.3 Å². The number of carbonyl (C=O) groups is 2. The summed E-state index contributed by atoms with van der Waals surface area (Å²) in [5.41, 5.74) is 2.17. The second-order valence-electron chi connectivity index (χ2n) is 5.43. The molecule has 0 aliphatic heterocycles. The zero-order valence-electron chi connectivity index (χ0n) is 11.6. The fourth-order valence-corrected chi connectivity index (χ4v) is 1.96. The largest absolute Gasteiger partial charge is 0.450 e. The lowest BCUT2D eigenvalue weighted by Crippen LogP contribution is -2.26. The number of esters is 1. The first-order valence-electron chi connectivity index (χ1n) is 5.98. The highest BCUT2D eigenvalue weighted by molar-refractivity contribution is 5.83. The Morgan fingerprint density at radius 2 is 2.00 bits per heavy atom. The van der Waals surface area contributed by atoms with Gasteiger partial charge in [-0.25, -0.2) is 4.79 Å². The van der Waals surface area contributed by atoms with E-state index in [2.05, 4.69) is 0 Å². The molecule has 0 heterocycles. The summed E-state index contributed by atoms with van der Waals surface area (Å²) in [6.45, 7) is 9.50. The Labute approximate surface area is 108 Å². The molecule has 1 rings (SSSR count). The highest BCUT2D eigenvalue weighted by atomic mass is 16.5. The maximum atomic E-state index is 11.6. The molecule has 0 saturated carbocycles. The van der Waals surface area contributed by atoms with Gasteiger partial charge in [0.2, 0.25) is 0 Å². The molecule has 18 heavy (non-hydrogen) atoms. The van der Waals surface area contributed by atoms with Crippen molar-refractivity contribution in [2.24, 2.45) is 5.41 Å². The summed E-state index contributed by atoms with van der Waals surface area (Å²) < 4.78 is 5.32. The molecule has 3 nitrogen and oxygen atoms in total. The molecule has 0 aromatic heterocycles. The number of allylic oxidation sites excluding steroid dienone is 3. The lowest BCUT2D eigenvalue weighted by molar-refractivity contribution is -0.139. The van der Waals surface area contributed by atoms with Crippen LogP contribution in [0.15, 0.2) is 34.9 Å². The van der Waals surface area contributed by atoms with E-state index in [0.717, 1.165) is 17.4 Å². The molecule has 0 aromatic rings. The fourth-order valence-electron chi connectivity index (χ4n) is 1.96. The van der Waals surface area contributed by atoms with Crippen molar-refractivity contribution in [3.05, 3.63) is 34.9 Å². The number of ether oxygens (including phenoxy) is 1. The van der Waals surface area contributed by atoms with Crippen molar-refractivity contribution >= 4 is 12.3 Å². The molecule has 1 atom stereocenters. The summed E-state index contributed by atoms with van der Waals surface area (Å²) in [5, 5.41) is 0. The molecule has 0 bridgehead atoms. The minimum atomic E-state index is -0.443. The van der Waals surface area contributed by atoms with Crippen molar-refractivity contribution in [3.63, 3.8) is 0 Å². The van der Waals surface area contributed by atoms with E-state index >= 15 is 0 Å². The first kappa shape index (κ1) is 14.4. The van der Waals surface area contributed by atoms with Gasteiger partial charge in [-0.05, 0) is 32.4 Å². The Hall–Kier alpha value is -1.64. The van der Waals surface area contributed by atoms with Crippen LogP contribution in [0, 0.1) is 5.41 Å². The molecule has 1 aliphatic carbocycles. The van der Waals surface area contributed by atoms with Crippen molar-refractivity contribution in [2.75, 3.05) is 0 Å². The van der Waals surface area contributed by atoms with Gasteiger partial charge in [0, 0.05) is 17.1 Å². The standard InChI is InChI=1S/C15H20O3/c1-10(2)6-14(17)18-13-7-12(9-16)15(4,5)8-11(13)3/h6-9,13H,1-5H3/t13-/m1/s1. The topological polar surface area (TPSA) is 43.4 Å². The van der Waals surface area contributed by atoms with E-state index in [1.807, 2.05) is 40.7 Å². The summed E-state index contributed by atoms with van der Waals surface area (Å²) in [6, 6.07) is 0. The van der Waals surface area contributed by atoms with E-state index in [1.165, 1.54) is 6.08 Å². The van der Waals surface area contributed by atoms with Crippen molar-refractivity contribution in [1.82, 2.24) is 0 Å². The van der Waals surface area contributed by atoms with E-state index in [9.17, 15) is 9.59 Å². The molecule has 0 unspecified atom stereocenters. The SMILES string of the molecule is CC(C)=CC(=O)O[C@@H]1C=C(C=O)C(C)(C)C=C1C. The predicted octanol–water partition coefficient (Wildman–Crippen LogP) is 2.98. The number of aldehydes is 1. The van der Waals surface area contributed by atoms with Crippen LogP contribution in [0.5, 0.6) is 0 Å². The zero-order chi connectivity index (χ0) is 13.9. The Morgan fingerprint density at radius 3 is 2.50 bits per heavy atom. The highest BCUT2D eigenvalue weighted by Gasteiger charge is 2.29. The molecule has 0 saturated heterocycles. The van der Waals surface area contributed by atoms with Gasteiger partial charge in [0.25, 0.3) is 0 Å². The van der Waals surface area contributed by atoms with E-state index < -0.39 is 6.10 Å². The van der Waals surface area contributed by atoms with Crippen LogP contribution in [0.4, 0.5) is 0 Å². The van der Waals surface area contributed by atoms with Crippen LogP contribution in [0.25, 0.3) is 0 Å². The number of rotatable bonds is 3. The van der Waals surface area contributed by atoms with Gasteiger partial charge in [0.15, 0.2) is 0 Å². The van der Waals surface area contributed by atoms with Crippen LogP contribution < -0.4 is 0 Å². The molecular formula is C15H20O3. The zero-order valence-corrected chi connectivity index (χ0v) is 11.6. The minimum absolute atomic E-state index is 0.300. The summed E-state index contributed by atoms with van der Waals surface area (Å²) in [4.78, 5) is 22.6. The van der Waals surface area contributed by atoms with E-state index in [-0.39, 0.29) is 11.4 Å². The van der Waals surface area contributed by atoms with Gasteiger partial charge in [-0.15, -0.1) is 0 Å². The summed E-state index contributed by atoms with van der Waals surface area (Å²) in [5.74, 6) is -0.381. The molecule has 0 radical (unpaired) electrons. The summed E-state index contributed by atoms with van der Waals surface area (Å²) in [7, 11) is 0. The average molecular weight is 248 g/mol. The minimum Gasteiger partial charge on any atom is -0.450 e. The summed E-state index contributed by atoms with van der Waals surface area (Å²) in [6.07, 6.45) is 5.52. The number of carbonyl (C=O) groups excluding carboxylic acids is 2. The summed E-state index contributed by atoms with van der Waals surface area (Å²) >= 11 is 0. The first-order chi connectivity index (χ1) is 8.26. The normalized spacial score (nSPS) is 21.5. The van der Waals surface area contributed by atoms with E-state index in [0.29, 0.717) is 5.57 Å². The van der Waals surface area contributed by atoms with Crippen molar-refractivity contribution in [2.45, 2.75) is 40.7 Å². The lowest BCUT2D eigenvalue weighted by atomic mass is 9.78. The Balaban J connectivity index is 2.92. The van der Waals surface area contributed by atoms with Gasteiger partial charge in [-0.3, -0.25) is 4.79 Å². The number of hydrogen-bond acceptors (Lipinski definition) is 3. The quantitative estimate of drug-likeness (QED) is 0.334. The molecular weight excluding hydrogens is 228 g/mol. The third kappa shape index (κ3) is 3.42. The monoisotopic (exact) mass is 248 g/mol. The average Bonchev–Trinajstić information content (AvgIpc) is 2.20. The molecule has 0 aromatic carbocycles. The number of hydrogen-bond donors (Lipinski definition) is 0. The van der Waals surface area contributed by atoms with E-state index in [1.54, 1.807) is 6.08 Å². The molecule has 0 amide bonds. The molecule has 98 valence electrons. The van der Waals surface area contributed by atoms with Crippen LogP contribution in [0.1, 0.15) is 34.6 Å². The van der Waals surface area contributed by atoms with Gasteiger partial charge in [-0.2, -0.15) is 0 Å². The lowest BCUT2D eigenvalue weighted by Gasteiger charge is -2.29. The van der Waals surface area contributed by atoms with Crippen LogP contribution in [0.2, 0.25) is 0 Å². The Kier molecular flexibility index (Phi) is 4.28. The van der Waals surface area contributed by atoms with Gasteiger partial charge >= 0.3 is 5.97 Å². The van der Waals surface area contributed by atoms with Crippen LogP contribution in [-0.4, -0.2) is 18.4 Å².